The average molecular weight is 562 g/mol. The molecule has 2 aliphatic heterocycles. The van der Waals surface area contributed by atoms with Gasteiger partial charge in [0.1, 0.15) is 17.8 Å². The number of rotatable bonds is 8. The van der Waals surface area contributed by atoms with E-state index in [1.54, 1.807) is 60.7 Å². The van der Waals surface area contributed by atoms with Crippen molar-refractivity contribution in [1.82, 2.24) is 9.91 Å². The monoisotopic (exact) mass is 561 g/mol. The van der Waals surface area contributed by atoms with Crippen LogP contribution in [0.1, 0.15) is 55.6 Å². The number of aryl methyl sites for hydroxylation is 1. The molecule has 2 unspecified atom stereocenters. The molecule has 0 fully saturated rings. The van der Waals surface area contributed by atoms with Gasteiger partial charge in [0.15, 0.2) is 6.61 Å². The van der Waals surface area contributed by atoms with E-state index in [4.69, 9.17) is 9.15 Å². The van der Waals surface area contributed by atoms with E-state index in [9.17, 15) is 19.2 Å². The zero-order chi connectivity index (χ0) is 29.2. The first kappa shape index (κ1) is 26.9. The van der Waals surface area contributed by atoms with Crippen LogP contribution in [0.25, 0.3) is 0 Å². The minimum Gasteiger partial charge on any atom is -0.467 e. The summed E-state index contributed by atoms with van der Waals surface area (Å²) in [5.74, 6) is -2.03. The third kappa shape index (κ3) is 5.12. The molecule has 9 nitrogen and oxygen atoms in total. The fourth-order valence-electron chi connectivity index (χ4n) is 5.27. The first-order valence-corrected chi connectivity index (χ1v) is 13.6. The van der Waals surface area contributed by atoms with Gasteiger partial charge in [-0.2, -0.15) is 5.10 Å². The molecule has 4 aromatic rings. The van der Waals surface area contributed by atoms with Crippen molar-refractivity contribution in [2.24, 2.45) is 5.10 Å². The predicted molar refractivity (Wildman–Crippen MR) is 152 cm³/mol. The third-order valence-corrected chi connectivity index (χ3v) is 7.44. The zero-order valence-corrected chi connectivity index (χ0v) is 22.8. The van der Waals surface area contributed by atoms with Crippen LogP contribution in [0.5, 0.6) is 0 Å². The molecule has 0 spiro atoms. The zero-order valence-electron chi connectivity index (χ0n) is 22.8. The van der Waals surface area contributed by atoms with Gasteiger partial charge < -0.3 is 9.15 Å². The highest BCUT2D eigenvalue weighted by atomic mass is 16.5. The number of hydrazone groups is 1. The summed E-state index contributed by atoms with van der Waals surface area (Å²) in [6.45, 7) is 1.36. The van der Waals surface area contributed by atoms with E-state index in [-0.39, 0.29) is 17.5 Å². The number of esters is 1. The van der Waals surface area contributed by atoms with Gasteiger partial charge >= 0.3 is 5.97 Å². The second-order valence-corrected chi connectivity index (χ2v) is 10.2. The van der Waals surface area contributed by atoms with Gasteiger partial charge in [0, 0.05) is 12.8 Å². The summed E-state index contributed by atoms with van der Waals surface area (Å²) in [7, 11) is 0. The lowest BCUT2D eigenvalue weighted by Gasteiger charge is -2.25. The molecule has 0 aliphatic carbocycles. The molecule has 2 atom stereocenters. The van der Waals surface area contributed by atoms with Crippen molar-refractivity contribution in [3.05, 3.63) is 131 Å². The SMILES string of the molecule is Cc1ccc(C2=NN(C(=O)COC(=O)C(Cc3ccccc3)N3C(=O)c4ccccc4C3=O)C(c3ccco3)C2)cc1. The van der Waals surface area contributed by atoms with E-state index < -0.39 is 42.4 Å². The molecule has 0 saturated heterocycles. The van der Waals surface area contributed by atoms with Gasteiger partial charge in [-0.15, -0.1) is 0 Å². The Hall–Kier alpha value is -5.31. The second kappa shape index (κ2) is 11.3. The van der Waals surface area contributed by atoms with Crippen LogP contribution in [-0.4, -0.2) is 52.0 Å². The van der Waals surface area contributed by atoms with E-state index >= 15 is 0 Å². The molecule has 210 valence electrons. The summed E-state index contributed by atoms with van der Waals surface area (Å²) in [6.07, 6.45) is 1.98. The molecule has 0 radical (unpaired) electrons. The number of nitrogens with zero attached hydrogens (tertiary/aromatic N) is 3. The number of amides is 3. The Morgan fingerprint density at radius 1 is 0.905 bits per heavy atom. The van der Waals surface area contributed by atoms with Crippen LogP contribution in [0.3, 0.4) is 0 Å². The number of ether oxygens (including phenoxy) is 1. The van der Waals surface area contributed by atoms with E-state index in [1.807, 2.05) is 37.3 Å². The smallest absolute Gasteiger partial charge is 0.330 e. The van der Waals surface area contributed by atoms with Crippen LogP contribution in [0, 0.1) is 6.92 Å². The lowest BCUT2D eigenvalue weighted by Crippen LogP contribution is -2.47. The number of hydrogen-bond acceptors (Lipinski definition) is 7. The highest BCUT2D eigenvalue weighted by molar-refractivity contribution is 6.22. The van der Waals surface area contributed by atoms with E-state index in [0.29, 0.717) is 17.9 Å². The topological polar surface area (TPSA) is 109 Å². The van der Waals surface area contributed by atoms with Gasteiger partial charge in [-0.05, 0) is 42.3 Å². The predicted octanol–water partition coefficient (Wildman–Crippen LogP) is 4.72. The van der Waals surface area contributed by atoms with Gasteiger partial charge in [0.2, 0.25) is 0 Å². The van der Waals surface area contributed by atoms with Crippen molar-refractivity contribution in [3.63, 3.8) is 0 Å². The van der Waals surface area contributed by atoms with Crippen LogP contribution in [0.15, 0.2) is 107 Å². The fourth-order valence-corrected chi connectivity index (χ4v) is 5.27. The van der Waals surface area contributed by atoms with Gasteiger partial charge in [-0.25, -0.2) is 9.80 Å². The maximum atomic E-state index is 13.5. The number of hydrogen-bond donors (Lipinski definition) is 0. The maximum Gasteiger partial charge on any atom is 0.330 e. The summed E-state index contributed by atoms with van der Waals surface area (Å²) < 4.78 is 11.1. The van der Waals surface area contributed by atoms with Gasteiger partial charge in [0.05, 0.1) is 23.1 Å². The molecule has 0 saturated carbocycles. The Morgan fingerprint density at radius 3 is 2.21 bits per heavy atom. The Kier molecular flexibility index (Phi) is 7.23. The summed E-state index contributed by atoms with van der Waals surface area (Å²) >= 11 is 0. The maximum absolute atomic E-state index is 13.5. The lowest BCUT2D eigenvalue weighted by molar-refractivity contribution is -0.156. The number of imide groups is 1. The van der Waals surface area contributed by atoms with Crippen molar-refractivity contribution >= 4 is 29.4 Å². The molecular formula is C33H27N3O6. The molecular weight excluding hydrogens is 534 g/mol. The van der Waals surface area contributed by atoms with Crippen LogP contribution in [0.2, 0.25) is 0 Å². The number of carbonyl (C=O) groups is 4. The molecule has 6 rings (SSSR count). The fraction of sp³-hybridized carbons (Fsp3) is 0.182. The Morgan fingerprint density at radius 2 is 1.57 bits per heavy atom. The summed E-state index contributed by atoms with van der Waals surface area (Å²) in [4.78, 5) is 54.4. The van der Waals surface area contributed by atoms with E-state index in [0.717, 1.165) is 21.6 Å². The minimum absolute atomic E-state index is 0.0355. The summed E-state index contributed by atoms with van der Waals surface area (Å²) in [5, 5.41) is 5.85. The molecule has 42 heavy (non-hydrogen) atoms. The normalized spacial score (nSPS) is 16.8. The van der Waals surface area contributed by atoms with Crippen molar-refractivity contribution in [2.75, 3.05) is 6.61 Å². The van der Waals surface area contributed by atoms with Gasteiger partial charge in [0.25, 0.3) is 17.7 Å². The van der Waals surface area contributed by atoms with Crippen molar-refractivity contribution < 1.29 is 28.3 Å². The molecule has 0 bridgehead atoms. The van der Waals surface area contributed by atoms with Gasteiger partial charge in [-0.3, -0.25) is 19.3 Å². The summed E-state index contributed by atoms with van der Waals surface area (Å²) in [5.41, 5.74) is 3.85. The van der Waals surface area contributed by atoms with E-state index in [1.165, 1.54) is 11.3 Å². The summed E-state index contributed by atoms with van der Waals surface area (Å²) in [6, 6.07) is 25.0. The second-order valence-electron chi connectivity index (χ2n) is 10.2. The molecule has 1 aromatic heterocycles. The van der Waals surface area contributed by atoms with Crippen molar-refractivity contribution in [1.29, 1.82) is 0 Å². The first-order chi connectivity index (χ1) is 20.4. The molecule has 3 heterocycles. The largest absolute Gasteiger partial charge is 0.467 e. The molecule has 9 heteroatoms. The lowest BCUT2D eigenvalue weighted by atomic mass is 10.0. The third-order valence-electron chi connectivity index (χ3n) is 7.44. The molecule has 2 aliphatic rings. The highest BCUT2D eigenvalue weighted by Gasteiger charge is 2.44. The van der Waals surface area contributed by atoms with Crippen molar-refractivity contribution in [2.45, 2.75) is 31.8 Å². The number of benzene rings is 3. The van der Waals surface area contributed by atoms with E-state index in [2.05, 4.69) is 5.10 Å². The Labute approximate surface area is 242 Å². The molecule has 0 N–H and O–H groups in total. The number of carbonyl (C=O) groups excluding carboxylic acids is 4. The Bertz CT molecular complexity index is 1640. The quantitative estimate of drug-likeness (QED) is 0.228. The first-order valence-electron chi connectivity index (χ1n) is 13.6. The minimum atomic E-state index is -1.27. The molecule has 3 aromatic carbocycles. The van der Waals surface area contributed by atoms with Crippen LogP contribution >= 0.6 is 0 Å². The van der Waals surface area contributed by atoms with Crippen molar-refractivity contribution in [3.8, 4) is 0 Å². The average Bonchev–Trinajstić information content (AvgIpc) is 3.75. The van der Waals surface area contributed by atoms with Crippen LogP contribution < -0.4 is 0 Å². The van der Waals surface area contributed by atoms with Crippen LogP contribution in [-0.2, 0) is 20.7 Å². The number of fused-ring (bicyclic) bond motifs is 1. The Balaban J connectivity index is 1.23. The molecule has 3 amide bonds. The van der Waals surface area contributed by atoms with Gasteiger partial charge in [-0.1, -0.05) is 72.3 Å². The standard InChI is InChI=1S/C33H27N3O6/c1-21-13-15-23(16-14-21)26-19-27(29-12-7-17-41-29)36(34-26)30(37)20-42-33(40)28(18-22-8-3-2-4-9-22)35-31(38)24-10-5-6-11-25(24)32(35)39/h2-17,27-28H,18-20H2,1H3. The highest BCUT2D eigenvalue weighted by Crippen LogP contribution is 2.33. The van der Waals surface area contributed by atoms with Crippen LogP contribution in [0.4, 0.5) is 0 Å². The number of furan rings is 1.